The Labute approximate surface area is 138 Å². The van der Waals surface area contributed by atoms with Crippen LogP contribution in [0.1, 0.15) is 42.6 Å². The molecule has 5 nitrogen and oxygen atoms in total. The molecule has 0 radical (unpaired) electrons. The van der Waals surface area contributed by atoms with Gasteiger partial charge < -0.3 is 14.4 Å². The van der Waals surface area contributed by atoms with Gasteiger partial charge in [-0.15, -0.1) is 0 Å². The second-order valence-corrected chi connectivity index (χ2v) is 6.76. The molecule has 2 fully saturated rings. The Morgan fingerprint density at radius 1 is 1.21 bits per heavy atom. The normalized spacial score (nSPS) is 28.3. The van der Waals surface area contributed by atoms with E-state index in [1.54, 1.807) is 12.1 Å². The van der Waals surface area contributed by atoms with Crippen LogP contribution in [-0.2, 0) is 0 Å². The number of carbonyl (C=O) groups is 1. The van der Waals surface area contributed by atoms with Crippen molar-refractivity contribution in [3.05, 3.63) is 17.8 Å². The first-order valence-corrected chi connectivity index (χ1v) is 8.49. The van der Waals surface area contributed by atoms with Crippen LogP contribution in [0.2, 0.25) is 0 Å². The van der Waals surface area contributed by atoms with Crippen LogP contribution in [0, 0.1) is 5.92 Å². The number of hydrogen-bond donors (Lipinski definition) is 0. The molecule has 1 amide bonds. The average molecular weight is 338 g/mol. The summed E-state index contributed by atoms with van der Waals surface area (Å²) in [6.45, 7) is 0.895. The molecular formula is C17H20F2N2O3. The van der Waals surface area contributed by atoms with E-state index in [9.17, 15) is 13.6 Å². The summed E-state index contributed by atoms with van der Waals surface area (Å²) in [7, 11) is 0. The van der Waals surface area contributed by atoms with E-state index in [1.165, 1.54) is 0 Å². The highest BCUT2D eigenvalue weighted by molar-refractivity contribution is 5.93. The molecule has 0 aromatic carbocycles. The third kappa shape index (κ3) is 2.80. The Kier molecular flexibility index (Phi) is 4.02. The third-order valence-electron chi connectivity index (χ3n) is 5.20. The molecule has 1 aromatic heterocycles. The molecule has 130 valence electrons. The van der Waals surface area contributed by atoms with Crippen LogP contribution < -0.4 is 9.47 Å². The predicted molar refractivity (Wildman–Crippen MR) is 81.6 cm³/mol. The zero-order chi connectivity index (χ0) is 16.7. The fourth-order valence-electron chi connectivity index (χ4n) is 4.25. The summed E-state index contributed by atoms with van der Waals surface area (Å²) in [6.07, 6.45) is 0.781. The molecule has 0 spiro atoms. The van der Waals surface area contributed by atoms with Gasteiger partial charge in [-0.1, -0.05) is 0 Å². The van der Waals surface area contributed by atoms with Gasteiger partial charge in [0.05, 0.1) is 0 Å². The molecule has 1 aromatic rings. The highest BCUT2D eigenvalue weighted by Gasteiger charge is 2.44. The zero-order valence-electron chi connectivity index (χ0n) is 13.3. The lowest BCUT2D eigenvalue weighted by Gasteiger charge is -2.38. The number of amides is 1. The Morgan fingerprint density at radius 2 is 1.92 bits per heavy atom. The minimum absolute atomic E-state index is 0.0137. The van der Waals surface area contributed by atoms with Gasteiger partial charge in [0.1, 0.15) is 18.9 Å². The predicted octanol–water partition coefficient (Wildman–Crippen LogP) is 2.89. The third-order valence-corrected chi connectivity index (χ3v) is 5.20. The molecule has 7 heteroatoms. The van der Waals surface area contributed by atoms with Gasteiger partial charge in [-0.25, -0.2) is 13.8 Å². The maximum atomic E-state index is 12.9. The highest BCUT2D eigenvalue weighted by Crippen LogP contribution is 2.41. The Hall–Kier alpha value is -1.92. The van der Waals surface area contributed by atoms with Gasteiger partial charge in [-0.05, 0) is 43.7 Å². The van der Waals surface area contributed by atoms with Crippen molar-refractivity contribution in [2.75, 3.05) is 13.2 Å². The first-order chi connectivity index (χ1) is 11.6. The van der Waals surface area contributed by atoms with Crippen molar-refractivity contribution >= 4 is 5.91 Å². The SMILES string of the molecule is O=C(c1ccc2c(n1)OCCO2)N1C2CCC1CC(CC(F)F)C2. The molecule has 24 heavy (non-hydrogen) atoms. The van der Waals surface area contributed by atoms with Crippen LogP contribution in [0.3, 0.4) is 0 Å². The van der Waals surface area contributed by atoms with Crippen molar-refractivity contribution < 1.29 is 23.0 Å². The van der Waals surface area contributed by atoms with Gasteiger partial charge in [0.25, 0.3) is 11.8 Å². The molecule has 2 atom stereocenters. The van der Waals surface area contributed by atoms with Gasteiger partial charge in [-0.3, -0.25) is 4.79 Å². The largest absolute Gasteiger partial charge is 0.484 e. The minimum atomic E-state index is -2.27. The van der Waals surface area contributed by atoms with Crippen LogP contribution in [-0.4, -0.2) is 47.5 Å². The molecule has 2 saturated heterocycles. The van der Waals surface area contributed by atoms with Crippen molar-refractivity contribution in [3.8, 4) is 11.6 Å². The highest BCUT2D eigenvalue weighted by atomic mass is 19.3. The lowest BCUT2D eigenvalue weighted by Crippen LogP contribution is -2.47. The van der Waals surface area contributed by atoms with E-state index < -0.39 is 6.43 Å². The second kappa shape index (κ2) is 6.18. The van der Waals surface area contributed by atoms with Crippen molar-refractivity contribution in [2.24, 2.45) is 5.92 Å². The minimum Gasteiger partial charge on any atom is -0.484 e. The number of nitrogens with zero attached hydrogens (tertiary/aromatic N) is 2. The lowest BCUT2D eigenvalue weighted by molar-refractivity contribution is 0.0403. The van der Waals surface area contributed by atoms with E-state index in [0.29, 0.717) is 43.4 Å². The quantitative estimate of drug-likeness (QED) is 0.850. The molecule has 0 aliphatic carbocycles. The van der Waals surface area contributed by atoms with Gasteiger partial charge in [0.15, 0.2) is 5.75 Å². The first kappa shape index (κ1) is 15.6. The molecule has 2 bridgehead atoms. The van der Waals surface area contributed by atoms with Crippen molar-refractivity contribution in [3.63, 3.8) is 0 Å². The maximum absolute atomic E-state index is 12.9. The van der Waals surface area contributed by atoms with Gasteiger partial charge in [0.2, 0.25) is 6.43 Å². The molecule has 0 N–H and O–H groups in total. The fraction of sp³-hybridized carbons (Fsp3) is 0.647. The number of fused-ring (bicyclic) bond motifs is 3. The van der Waals surface area contributed by atoms with Crippen LogP contribution in [0.15, 0.2) is 12.1 Å². The molecule has 2 unspecified atom stereocenters. The van der Waals surface area contributed by atoms with E-state index in [0.717, 1.165) is 12.8 Å². The van der Waals surface area contributed by atoms with Crippen molar-refractivity contribution in [1.29, 1.82) is 0 Å². The van der Waals surface area contributed by atoms with E-state index in [-0.39, 0.29) is 30.3 Å². The maximum Gasteiger partial charge on any atom is 0.273 e. The summed E-state index contributed by atoms with van der Waals surface area (Å²) in [6, 6.07) is 3.46. The lowest BCUT2D eigenvalue weighted by atomic mass is 9.88. The van der Waals surface area contributed by atoms with Crippen LogP contribution in [0.5, 0.6) is 11.6 Å². The molecule has 4 heterocycles. The summed E-state index contributed by atoms with van der Waals surface area (Å²) in [5.41, 5.74) is 0.337. The monoisotopic (exact) mass is 338 g/mol. The van der Waals surface area contributed by atoms with Crippen LogP contribution in [0.25, 0.3) is 0 Å². The summed E-state index contributed by atoms with van der Waals surface area (Å²) in [5.74, 6) is 0.790. The fourth-order valence-corrected chi connectivity index (χ4v) is 4.25. The van der Waals surface area contributed by atoms with Crippen LogP contribution in [0.4, 0.5) is 8.78 Å². The second-order valence-electron chi connectivity index (χ2n) is 6.76. The molecule has 4 rings (SSSR count). The number of hydrogen-bond acceptors (Lipinski definition) is 4. The van der Waals surface area contributed by atoms with E-state index in [4.69, 9.17) is 9.47 Å². The molecule has 3 aliphatic heterocycles. The van der Waals surface area contributed by atoms with E-state index in [1.807, 2.05) is 4.90 Å². The smallest absolute Gasteiger partial charge is 0.273 e. The number of rotatable bonds is 3. The number of halogens is 2. The Morgan fingerprint density at radius 3 is 2.62 bits per heavy atom. The number of aromatic nitrogens is 1. The standard InChI is InChI=1S/C17H20F2N2O3/c18-15(19)9-10-7-11-1-2-12(8-10)21(11)17(22)13-3-4-14-16(20-13)24-6-5-23-14/h3-4,10-12,15H,1-2,5-9H2. The zero-order valence-corrected chi connectivity index (χ0v) is 13.3. The summed E-state index contributed by atoms with van der Waals surface area (Å²) < 4.78 is 36.2. The van der Waals surface area contributed by atoms with Gasteiger partial charge >= 0.3 is 0 Å². The Balaban J connectivity index is 1.51. The number of piperidine rings is 1. The molecule has 0 saturated carbocycles. The summed E-state index contributed by atoms with van der Waals surface area (Å²) >= 11 is 0. The molecular weight excluding hydrogens is 318 g/mol. The van der Waals surface area contributed by atoms with E-state index in [2.05, 4.69) is 4.98 Å². The summed E-state index contributed by atoms with van der Waals surface area (Å²) in [5, 5.41) is 0. The van der Waals surface area contributed by atoms with Crippen LogP contribution >= 0.6 is 0 Å². The summed E-state index contributed by atoms with van der Waals surface area (Å²) in [4.78, 5) is 19.0. The average Bonchev–Trinajstić information content (AvgIpc) is 2.84. The van der Waals surface area contributed by atoms with E-state index >= 15 is 0 Å². The first-order valence-electron chi connectivity index (χ1n) is 8.49. The van der Waals surface area contributed by atoms with Gasteiger partial charge in [-0.2, -0.15) is 0 Å². The van der Waals surface area contributed by atoms with Crippen molar-refractivity contribution in [1.82, 2.24) is 9.88 Å². The number of pyridine rings is 1. The number of alkyl halides is 2. The Bertz CT molecular complexity index is 626. The number of ether oxygens (including phenoxy) is 2. The topological polar surface area (TPSA) is 51.7 Å². The van der Waals surface area contributed by atoms with Crippen molar-refractivity contribution in [2.45, 2.75) is 50.6 Å². The number of carbonyl (C=O) groups excluding carboxylic acids is 1. The molecule has 3 aliphatic rings. The van der Waals surface area contributed by atoms with Gasteiger partial charge in [0, 0.05) is 18.5 Å².